The maximum Gasteiger partial charge on any atom is 0.329 e. The second-order valence-corrected chi connectivity index (χ2v) is 9.99. The zero-order valence-electron chi connectivity index (χ0n) is 20.5. The summed E-state index contributed by atoms with van der Waals surface area (Å²) in [5, 5.41) is 16.1. The smallest absolute Gasteiger partial charge is 0.329 e. The fourth-order valence-electron chi connectivity index (χ4n) is 4.96. The number of carbonyl (C=O) groups excluding carboxylic acids is 2. The van der Waals surface area contributed by atoms with Crippen LogP contribution in [0.5, 0.6) is 0 Å². The Morgan fingerprint density at radius 2 is 2.00 bits per heavy atom. The molecule has 2 aromatic carbocycles. The minimum atomic E-state index is -1.66. The van der Waals surface area contributed by atoms with Crippen LogP contribution in [0.1, 0.15) is 48.6 Å². The third-order valence-corrected chi connectivity index (χ3v) is 7.22. The largest absolute Gasteiger partial charge is 0.479 e. The Bertz CT molecular complexity index is 1390. The van der Waals surface area contributed by atoms with Crippen LogP contribution in [0.2, 0.25) is 5.02 Å². The first-order valence-corrected chi connectivity index (χ1v) is 12.5. The van der Waals surface area contributed by atoms with Crippen molar-refractivity contribution in [2.75, 3.05) is 0 Å². The molecule has 3 aromatic rings. The SMILES string of the molecule is CCC[C@H](NC(=O)Cc1cccc(C)c1F)C(=O)N[C@]1(C(=O)O)CCc2[nH]c3c(Cl)cc(F)cc3c2C1. The summed E-state index contributed by atoms with van der Waals surface area (Å²) in [4.78, 5) is 41.6. The molecule has 37 heavy (non-hydrogen) atoms. The fraction of sp³-hybridized carbons (Fsp3) is 0.370. The van der Waals surface area contributed by atoms with E-state index in [4.69, 9.17) is 11.6 Å². The number of rotatable bonds is 8. The molecular weight excluding hydrogens is 504 g/mol. The van der Waals surface area contributed by atoms with E-state index in [2.05, 4.69) is 15.6 Å². The minimum Gasteiger partial charge on any atom is -0.479 e. The van der Waals surface area contributed by atoms with Gasteiger partial charge in [0, 0.05) is 17.5 Å². The van der Waals surface area contributed by atoms with Gasteiger partial charge < -0.3 is 20.7 Å². The number of carboxylic acid groups (broad SMARTS) is 1. The number of aromatic nitrogens is 1. The Morgan fingerprint density at radius 3 is 2.70 bits per heavy atom. The summed E-state index contributed by atoms with van der Waals surface area (Å²) < 4.78 is 28.4. The molecule has 0 spiro atoms. The number of aromatic amines is 1. The van der Waals surface area contributed by atoms with E-state index in [9.17, 15) is 28.3 Å². The van der Waals surface area contributed by atoms with Crippen LogP contribution in [0.4, 0.5) is 8.78 Å². The zero-order valence-corrected chi connectivity index (χ0v) is 21.3. The summed E-state index contributed by atoms with van der Waals surface area (Å²) in [6.07, 6.45) is 0.867. The molecule has 4 rings (SSSR count). The van der Waals surface area contributed by atoms with Crippen molar-refractivity contribution in [2.24, 2.45) is 0 Å². The first-order chi connectivity index (χ1) is 17.5. The lowest BCUT2D eigenvalue weighted by atomic mass is 9.79. The standard InChI is InChI=1S/C27H28ClF2N3O4/c1-3-5-21(31-22(34)10-15-7-4-6-14(2)23(15)30)25(35)33-27(26(36)37)9-8-20-18(13-27)17-11-16(29)12-19(28)24(17)32-20/h4,6-7,11-12,21,32H,3,5,8-10,13H2,1-2H3,(H,31,34)(H,33,35)(H,36,37)/t21-,27+/m0/s1. The molecule has 1 aliphatic carbocycles. The van der Waals surface area contributed by atoms with Gasteiger partial charge in [-0.25, -0.2) is 13.6 Å². The molecule has 0 radical (unpaired) electrons. The van der Waals surface area contributed by atoms with E-state index in [1.54, 1.807) is 19.1 Å². The predicted molar refractivity (Wildman–Crippen MR) is 135 cm³/mol. The van der Waals surface area contributed by atoms with Crippen molar-refractivity contribution in [1.29, 1.82) is 0 Å². The second-order valence-electron chi connectivity index (χ2n) is 9.58. The number of benzene rings is 2. The minimum absolute atomic E-state index is 0.0789. The van der Waals surface area contributed by atoms with Crippen LogP contribution >= 0.6 is 11.6 Å². The van der Waals surface area contributed by atoms with Crippen molar-refractivity contribution in [3.8, 4) is 0 Å². The highest BCUT2D eigenvalue weighted by Crippen LogP contribution is 2.37. The molecule has 0 saturated carbocycles. The van der Waals surface area contributed by atoms with Crippen molar-refractivity contribution >= 4 is 40.3 Å². The molecule has 1 aromatic heterocycles. The van der Waals surface area contributed by atoms with Crippen LogP contribution in [-0.2, 0) is 33.6 Å². The van der Waals surface area contributed by atoms with Crippen LogP contribution in [0.3, 0.4) is 0 Å². The average Bonchev–Trinajstić information content (AvgIpc) is 3.19. The molecule has 7 nitrogen and oxygen atoms in total. The molecule has 0 saturated heterocycles. The number of aliphatic carboxylic acids is 1. The summed E-state index contributed by atoms with van der Waals surface area (Å²) in [5.41, 5.74) is 0.799. The molecule has 2 atom stereocenters. The molecule has 10 heteroatoms. The zero-order chi connectivity index (χ0) is 26.9. The van der Waals surface area contributed by atoms with Gasteiger partial charge in [0.1, 0.15) is 23.2 Å². The van der Waals surface area contributed by atoms with Crippen molar-refractivity contribution in [3.05, 3.63) is 69.4 Å². The molecule has 0 unspecified atom stereocenters. The molecule has 0 aliphatic heterocycles. The summed E-state index contributed by atoms with van der Waals surface area (Å²) in [5.74, 6) is -3.45. The fourth-order valence-corrected chi connectivity index (χ4v) is 5.21. The summed E-state index contributed by atoms with van der Waals surface area (Å²) in [6.45, 7) is 3.43. The highest BCUT2D eigenvalue weighted by molar-refractivity contribution is 6.35. The Hall–Kier alpha value is -3.46. The highest BCUT2D eigenvalue weighted by Gasteiger charge is 2.45. The van der Waals surface area contributed by atoms with Gasteiger partial charge >= 0.3 is 5.97 Å². The van der Waals surface area contributed by atoms with Gasteiger partial charge in [0.15, 0.2) is 0 Å². The van der Waals surface area contributed by atoms with E-state index < -0.39 is 41.0 Å². The number of fused-ring (bicyclic) bond motifs is 3. The van der Waals surface area contributed by atoms with Gasteiger partial charge in [-0.1, -0.05) is 43.1 Å². The van der Waals surface area contributed by atoms with Crippen molar-refractivity contribution < 1.29 is 28.3 Å². The number of nitrogens with one attached hydrogen (secondary N) is 3. The molecule has 196 valence electrons. The molecule has 2 amide bonds. The van der Waals surface area contributed by atoms with Crippen LogP contribution in [0.25, 0.3) is 10.9 Å². The lowest BCUT2D eigenvalue weighted by Crippen LogP contribution is -2.61. The monoisotopic (exact) mass is 531 g/mol. The van der Waals surface area contributed by atoms with Crippen molar-refractivity contribution in [2.45, 2.75) is 64.0 Å². The molecular formula is C27H28ClF2N3O4. The lowest BCUT2D eigenvalue weighted by molar-refractivity contribution is -0.148. The third kappa shape index (κ3) is 5.32. The Balaban J connectivity index is 1.55. The van der Waals surface area contributed by atoms with Gasteiger partial charge in [-0.3, -0.25) is 9.59 Å². The van der Waals surface area contributed by atoms with Gasteiger partial charge in [-0.05, 0) is 55.0 Å². The Morgan fingerprint density at radius 1 is 1.24 bits per heavy atom. The maximum absolute atomic E-state index is 14.4. The highest BCUT2D eigenvalue weighted by atomic mass is 35.5. The first kappa shape index (κ1) is 26.6. The number of carbonyl (C=O) groups is 3. The Kier molecular flexibility index (Phi) is 7.54. The van der Waals surface area contributed by atoms with Gasteiger partial charge in [-0.15, -0.1) is 0 Å². The van der Waals surface area contributed by atoms with Crippen LogP contribution in [-0.4, -0.2) is 39.5 Å². The maximum atomic E-state index is 14.4. The lowest BCUT2D eigenvalue weighted by Gasteiger charge is -2.35. The van der Waals surface area contributed by atoms with E-state index in [1.807, 2.05) is 6.92 Å². The van der Waals surface area contributed by atoms with Crippen LogP contribution in [0.15, 0.2) is 30.3 Å². The van der Waals surface area contributed by atoms with Gasteiger partial charge in [-0.2, -0.15) is 0 Å². The molecule has 0 fully saturated rings. The number of carboxylic acids is 1. The van der Waals surface area contributed by atoms with Crippen molar-refractivity contribution in [3.63, 3.8) is 0 Å². The summed E-state index contributed by atoms with van der Waals surface area (Å²) >= 11 is 6.18. The van der Waals surface area contributed by atoms with Gasteiger partial charge in [0.25, 0.3) is 0 Å². The number of aryl methyl sites for hydroxylation is 2. The Labute approximate surface area is 217 Å². The van der Waals surface area contributed by atoms with E-state index in [1.165, 1.54) is 18.2 Å². The number of amides is 2. The molecule has 1 aliphatic rings. The van der Waals surface area contributed by atoms with E-state index in [0.29, 0.717) is 34.9 Å². The normalized spacial score (nSPS) is 17.8. The number of H-pyrrole nitrogens is 1. The van der Waals surface area contributed by atoms with Crippen molar-refractivity contribution in [1.82, 2.24) is 15.6 Å². The van der Waals surface area contributed by atoms with Crippen LogP contribution in [0, 0.1) is 18.6 Å². The van der Waals surface area contributed by atoms with Gasteiger partial charge in [0.05, 0.1) is 17.0 Å². The molecule has 0 bridgehead atoms. The topological polar surface area (TPSA) is 111 Å². The molecule has 4 N–H and O–H groups in total. The first-order valence-electron chi connectivity index (χ1n) is 12.1. The van der Waals surface area contributed by atoms with Crippen LogP contribution < -0.4 is 10.6 Å². The number of halogens is 3. The number of hydrogen-bond acceptors (Lipinski definition) is 3. The summed E-state index contributed by atoms with van der Waals surface area (Å²) in [7, 11) is 0. The van der Waals surface area contributed by atoms with E-state index >= 15 is 0 Å². The summed E-state index contributed by atoms with van der Waals surface area (Å²) in [6, 6.07) is 6.22. The quantitative estimate of drug-likeness (QED) is 0.346. The third-order valence-electron chi connectivity index (χ3n) is 6.92. The van der Waals surface area contributed by atoms with E-state index in [-0.39, 0.29) is 36.3 Å². The average molecular weight is 532 g/mol. The predicted octanol–water partition coefficient (Wildman–Crippen LogP) is 4.36. The van der Waals surface area contributed by atoms with E-state index in [0.717, 1.165) is 5.69 Å². The molecule has 1 heterocycles. The number of hydrogen-bond donors (Lipinski definition) is 4. The van der Waals surface area contributed by atoms with Gasteiger partial charge in [0.2, 0.25) is 11.8 Å². The second kappa shape index (κ2) is 10.5.